The van der Waals surface area contributed by atoms with E-state index in [0.29, 0.717) is 6.04 Å². The van der Waals surface area contributed by atoms with E-state index in [0.717, 1.165) is 23.3 Å². The number of benzene rings is 1. The van der Waals surface area contributed by atoms with Crippen molar-refractivity contribution in [1.29, 1.82) is 0 Å². The molecule has 1 saturated carbocycles. The van der Waals surface area contributed by atoms with Gasteiger partial charge in [0.05, 0.1) is 0 Å². The molecule has 1 aromatic rings. The third-order valence-corrected chi connectivity index (χ3v) is 4.83. The van der Waals surface area contributed by atoms with E-state index in [2.05, 4.69) is 31.3 Å². The quantitative estimate of drug-likeness (QED) is 0.803. The first-order chi connectivity index (χ1) is 9.13. The third kappa shape index (κ3) is 2.59. The first-order valence-corrected chi connectivity index (χ1v) is 7.33. The summed E-state index contributed by atoms with van der Waals surface area (Å²) in [6.45, 7) is 4.39. The van der Waals surface area contributed by atoms with Gasteiger partial charge in [0.1, 0.15) is 5.82 Å². The van der Waals surface area contributed by atoms with Gasteiger partial charge in [-0.15, -0.1) is 0 Å². The molecule has 1 aromatic carbocycles. The van der Waals surface area contributed by atoms with Crippen LogP contribution in [0.5, 0.6) is 0 Å². The fraction of sp³-hybridized carbons (Fsp3) is 0.529. The first-order valence-electron chi connectivity index (χ1n) is 7.33. The van der Waals surface area contributed by atoms with Gasteiger partial charge >= 0.3 is 0 Å². The molecule has 0 aliphatic heterocycles. The second-order valence-corrected chi connectivity index (χ2v) is 6.18. The Hall–Kier alpha value is -1.15. The average Bonchev–Trinajstić information content (AvgIpc) is 3.00. The van der Waals surface area contributed by atoms with E-state index in [1.54, 1.807) is 12.1 Å². The summed E-state index contributed by atoms with van der Waals surface area (Å²) in [6, 6.07) is 7.60. The van der Waals surface area contributed by atoms with Crippen LogP contribution in [0.4, 0.5) is 4.39 Å². The molecule has 0 saturated heterocycles. The van der Waals surface area contributed by atoms with E-state index in [1.807, 2.05) is 6.07 Å². The van der Waals surface area contributed by atoms with Gasteiger partial charge in [-0.2, -0.15) is 0 Å². The number of halogens is 1. The van der Waals surface area contributed by atoms with Crippen molar-refractivity contribution in [3.63, 3.8) is 0 Å². The number of fused-ring (bicyclic) bond motifs is 2. The molecule has 19 heavy (non-hydrogen) atoms. The number of allylic oxidation sites excluding steroid dienone is 2. The Balaban J connectivity index is 1.63. The van der Waals surface area contributed by atoms with E-state index >= 15 is 0 Å². The predicted molar refractivity (Wildman–Crippen MR) is 76.3 cm³/mol. The van der Waals surface area contributed by atoms with Gasteiger partial charge in [0.2, 0.25) is 0 Å². The molecule has 3 rings (SSSR count). The van der Waals surface area contributed by atoms with Crippen molar-refractivity contribution < 1.29 is 4.39 Å². The molecule has 102 valence electrons. The Morgan fingerprint density at radius 1 is 1.21 bits per heavy atom. The van der Waals surface area contributed by atoms with Gasteiger partial charge in [0, 0.05) is 12.1 Å². The van der Waals surface area contributed by atoms with Crippen LogP contribution in [-0.2, 0) is 0 Å². The van der Waals surface area contributed by atoms with E-state index in [4.69, 9.17) is 0 Å². The summed E-state index contributed by atoms with van der Waals surface area (Å²) in [7, 11) is 0. The Morgan fingerprint density at radius 3 is 2.68 bits per heavy atom. The van der Waals surface area contributed by atoms with Crippen LogP contribution >= 0.6 is 0 Å². The highest BCUT2D eigenvalue weighted by atomic mass is 19.1. The van der Waals surface area contributed by atoms with Gasteiger partial charge < -0.3 is 5.32 Å². The van der Waals surface area contributed by atoms with Crippen molar-refractivity contribution in [2.75, 3.05) is 0 Å². The zero-order valence-corrected chi connectivity index (χ0v) is 11.6. The highest BCUT2D eigenvalue weighted by Gasteiger charge is 2.38. The van der Waals surface area contributed by atoms with Crippen molar-refractivity contribution in [3.8, 4) is 0 Å². The normalized spacial score (nSPS) is 31.6. The van der Waals surface area contributed by atoms with Crippen LogP contribution in [0.25, 0.3) is 0 Å². The molecule has 0 amide bonds. The third-order valence-electron chi connectivity index (χ3n) is 4.83. The second-order valence-electron chi connectivity index (χ2n) is 6.18. The van der Waals surface area contributed by atoms with Crippen molar-refractivity contribution >= 4 is 0 Å². The maximum absolute atomic E-state index is 13.3. The minimum atomic E-state index is -0.151. The molecule has 0 heterocycles. The van der Waals surface area contributed by atoms with E-state index in [9.17, 15) is 4.39 Å². The van der Waals surface area contributed by atoms with Crippen molar-refractivity contribution in [3.05, 3.63) is 47.8 Å². The molecule has 0 radical (unpaired) electrons. The van der Waals surface area contributed by atoms with Crippen LogP contribution < -0.4 is 5.32 Å². The lowest BCUT2D eigenvalue weighted by molar-refractivity contribution is 0.307. The van der Waals surface area contributed by atoms with Gasteiger partial charge in [-0.3, -0.25) is 0 Å². The second kappa shape index (κ2) is 5.09. The van der Waals surface area contributed by atoms with Crippen LogP contribution in [0.15, 0.2) is 36.4 Å². The van der Waals surface area contributed by atoms with Crippen molar-refractivity contribution in [1.82, 2.24) is 5.32 Å². The van der Waals surface area contributed by atoms with Crippen LogP contribution in [0, 0.1) is 23.6 Å². The topological polar surface area (TPSA) is 12.0 Å². The van der Waals surface area contributed by atoms with Crippen LogP contribution in [0.2, 0.25) is 0 Å². The molecule has 5 atom stereocenters. The maximum Gasteiger partial charge on any atom is 0.123 e. The molecule has 2 bridgehead atoms. The molecule has 1 nitrogen and oxygen atoms in total. The average molecular weight is 259 g/mol. The summed E-state index contributed by atoms with van der Waals surface area (Å²) in [6.07, 6.45) is 7.42. The lowest BCUT2D eigenvalue weighted by Crippen LogP contribution is -2.37. The fourth-order valence-corrected chi connectivity index (χ4v) is 3.79. The summed E-state index contributed by atoms with van der Waals surface area (Å²) in [5.41, 5.74) is 1.03. The molecular weight excluding hydrogens is 237 g/mol. The summed E-state index contributed by atoms with van der Waals surface area (Å²) >= 11 is 0. The first kappa shape index (κ1) is 12.9. The van der Waals surface area contributed by atoms with Gasteiger partial charge in [0.25, 0.3) is 0 Å². The van der Waals surface area contributed by atoms with Crippen molar-refractivity contribution in [2.24, 2.45) is 17.8 Å². The number of hydrogen-bond donors (Lipinski definition) is 1. The highest BCUT2D eigenvalue weighted by molar-refractivity contribution is 5.20. The van der Waals surface area contributed by atoms with Crippen LogP contribution in [0.3, 0.4) is 0 Å². The molecule has 1 N–H and O–H groups in total. The maximum atomic E-state index is 13.3. The zero-order chi connectivity index (χ0) is 13.4. The number of hydrogen-bond acceptors (Lipinski definition) is 1. The van der Waals surface area contributed by atoms with E-state index in [1.165, 1.54) is 18.9 Å². The SMILES string of the molecule is CC(N[C@@H](C)c1cccc(F)c1)C1CC2C=CC1C2. The van der Waals surface area contributed by atoms with Gasteiger partial charge in [-0.25, -0.2) is 4.39 Å². The minimum absolute atomic E-state index is 0.151. The smallest absolute Gasteiger partial charge is 0.123 e. The number of nitrogens with one attached hydrogen (secondary N) is 1. The summed E-state index contributed by atoms with van der Waals surface area (Å²) in [5, 5.41) is 3.65. The fourth-order valence-electron chi connectivity index (χ4n) is 3.79. The Bertz CT molecular complexity index is 482. The Morgan fingerprint density at radius 2 is 2.05 bits per heavy atom. The van der Waals surface area contributed by atoms with Crippen LogP contribution in [-0.4, -0.2) is 6.04 Å². The molecular formula is C17H22FN. The van der Waals surface area contributed by atoms with Crippen molar-refractivity contribution in [2.45, 2.75) is 38.8 Å². The van der Waals surface area contributed by atoms with E-state index < -0.39 is 0 Å². The predicted octanol–water partition coefficient (Wildman–Crippen LogP) is 4.08. The molecule has 4 unspecified atom stereocenters. The molecule has 1 fully saturated rings. The Kier molecular flexibility index (Phi) is 3.44. The standard InChI is InChI=1S/C17H22FN/c1-11(14-4-3-5-16(18)10-14)19-12(2)17-9-13-6-7-15(17)8-13/h3-7,10-13,15,17,19H,8-9H2,1-2H3/t11-,12?,13?,15?,17?/m0/s1. The molecule has 0 aromatic heterocycles. The molecule has 2 aliphatic rings. The largest absolute Gasteiger partial charge is 0.307 e. The lowest BCUT2D eigenvalue weighted by atomic mass is 9.87. The van der Waals surface area contributed by atoms with E-state index in [-0.39, 0.29) is 11.9 Å². The molecule has 2 aliphatic carbocycles. The highest BCUT2D eigenvalue weighted by Crippen LogP contribution is 2.45. The van der Waals surface area contributed by atoms with Gasteiger partial charge in [-0.05, 0) is 62.1 Å². The monoisotopic (exact) mass is 259 g/mol. The number of rotatable bonds is 4. The van der Waals surface area contributed by atoms with Gasteiger partial charge in [0.15, 0.2) is 0 Å². The van der Waals surface area contributed by atoms with Gasteiger partial charge in [-0.1, -0.05) is 24.3 Å². The summed E-state index contributed by atoms with van der Waals surface area (Å²) in [5.74, 6) is 2.16. The lowest BCUT2D eigenvalue weighted by Gasteiger charge is -2.29. The summed E-state index contributed by atoms with van der Waals surface area (Å²) < 4.78 is 13.3. The zero-order valence-electron chi connectivity index (χ0n) is 11.6. The Labute approximate surface area is 114 Å². The van der Waals surface area contributed by atoms with Crippen LogP contribution in [0.1, 0.15) is 38.3 Å². The minimum Gasteiger partial charge on any atom is -0.307 e. The molecule has 0 spiro atoms. The summed E-state index contributed by atoms with van der Waals surface area (Å²) in [4.78, 5) is 0. The molecule has 2 heteroatoms.